The van der Waals surface area contributed by atoms with Crippen LogP contribution in [0.2, 0.25) is 0 Å². The average molecular weight is 147 g/mol. The highest BCUT2D eigenvalue weighted by molar-refractivity contribution is 4.60. The Morgan fingerprint density at radius 2 is 1.56 bits per heavy atom. The van der Waals surface area contributed by atoms with Gasteiger partial charge in [-0.05, 0) is 0 Å². The third-order valence-corrected chi connectivity index (χ3v) is 0.601. The lowest BCUT2D eigenvalue weighted by molar-refractivity contribution is -0.439. The van der Waals surface area contributed by atoms with Gasteiger partial charge in [0, 0.05) is 7.11 Å². The van der Waals surface area contributed by atoms with Gasteiger partial charge in [0.2, 0.25) is 0 Å². The smallest absolute Gasteiger partial charge is 0.318 e. The summed E-state index contributed by atoms with van der Waals surface area (Å²) in [6.45, 7) is 0. The number of methoxy groups -OCH3 is 1. The normalized spacial score (nSPS) is 19.3. The summed E-state index contributed by atoms with van der Waals surface area (Å²) in [6.07, 6.45) is -5.50. The Kier molecular flexibility index (Phi) is 2.02. The fourth-order valence-electron chi connectivity index (χ4n) is 0.116. The SMILES string of the molecule is COC([O])(F)C(F)(F)F. The maximum Gasteiger partial charge on any atom is 0.480 e. The van der Waals surface area contributed by atoms with Crippen LogP contribution in [0.1, 0.15) is 0 Å². The van der Waals surface area contributed by atoms with Crippen molar-refractivity contribution in [1.29, 1.82) is 0 Å². The van der Waals surface area contributed by atoms with E-state index in [0.717, 1.165) is 0 Å². The van der Waals surface area contributed by atoms with E-state index in [9.17, 15) is 22.7 Å². The lowest BCUT2D eigenvalue weighted by Crippen LogP contribution is -2.40. The molecule has 0 aromatic carbocycles. The van der Waals surface area contributed by atoms with Gasteiger partial charge in [0.1, 0.15) is 0 Å². The summed E-state index contributed by atoms with van der Waals surface area (Å²) in [5.41, 5.74) is 0. The molecule has 0 bridgehead atoms. The first-order valence-corrected chi connectivity index (χ1v) is 1.82. The Morgan fingerprint density at radius 1 is 1.22 bits per heavy atom. The molecule has 1 atom stereocenters. The van der Waals surface area contributed by atoms with Crippen LogP contribution < -0.4 is 0 Å². The highest BCUT2D eigenvalue weighted by Gasteiger charge is 2.58. The summed E-state index contributed by atoms with van der Waals surface area (Å²) in [6, 6.07) is -4.77. The molecule has 0 aliphatic carbocycles. The fraction of sp³-hybridized carbons (Fsp3) is 1.00. The Labute approximate surface area is 48.0 Å². The minimum absolute atomic E-state index is 0.348. The first kappa shape index (κ1) is 8.64. The third kappa shape index (κ3) is 1.79. The van der Waals surface area contributed by atoms with Crippen LogP contribution in [0.15, 0.2) is 0 Å². The molecule has 0 fully saturated rings. The molecule has 1 radical (unpaired) electrons. The minimum Gasteiger partial charge on any atom is -0.318 e. The van der Waals surface area contributed by atoms with Crippen LogP contribution in [0.25, 0.3) is 0 Å². The predicted molar refractivity (Wildman–Crippen MR) is 17.6 cm³/mol. The van der Waals surface area contributed by atoms with Crippen molar-refractivity contribution >= 4 is 0 Å². The molecule has 0 saturated heterocycles. The van der Waals surface area contributed by atoms with Crippen LogP contribution in [0.4, 0.5) is 17.6 Å². The number of hydrogen-bond donors (Lipinski definition) is 0. The van der Waals surface area contributed by atoms with Crippen LogP contribution in [-0.2, 0) is 9.84 Å². The van der Waals surface area contributed by atoms with Gasteiger partial charge < -0.3 is 4.74 Å². The summed E-state index contributed by atoms with van der Waals surface area (Å²) in [5.74, 6) is 0. The zero-order valence-corrected chi connectivity index (χ0v) is 4.33. The molecule has 0 saturated carbocycles. The van der Waals surface area contributed by atoms with Crippen LogP contribution in [0.5, 0.6) is 0 Å². The molecule has 1 unspecified atom stereocenters. The Hall–Kier alpha value is -0.360. The van der Waals surface area contributed by atoms with Crippen molar-refractivity contribution in [2.45, 2.75) is 12.2 Å². The monoisotopic (exact) mass is 147 g/mol. The second-order valence-electron chi connectivity index (χ2n) is 1.24. The summed E-state index contributed by atoms with van der Waals surface area (Å²) >= 11 is 0. The van der Waals surface area contributed by atoms with Crippen LogP contribution in [0.3, 0.4) is 0 Å². The van der Waals surface area contributed by atoms with Crippen molar-refractivity contribution in [3.8, 4) is 0 Å². The number of halogens is 4. The van der Waals surface area contributed by atoms with Gasteiger partial charge in [-0.3, -0.25) is 0 Å². The van der Waals surface area contributed by atoms with E-state index >= 15 is 0 Å². The molecular weight excluding hydrogens is 144 g/mol. The summed E-state index contributed by atoms with van der Waals surface area (Å²) in [4.78, 5) is 0. The van der Waals surface area contributed by atoms with Crippen LogP contribution in [-0.4, -0.2) is 19.3 Å². The van der Waals surface area contributed by atoms with Crippen molar-refractivity contribution in [2.24, 2.45) is 0 Å². The topological polar surface area (TPSA) is 29.1 Å². The summed E-state index contributed by atoms with van der Waals surface area (Å²) in [5, 5.41) is 9.48. The summed E-state index contributed by atoms with van der Waals surface area (Å²) in [7, 11) is 0.348. The van der Waals surface area contributed by atoms with Crippen molar-refractivity contribution in [2.75, 3.05) is 7.11 Å². The van der Waals surface area contributed by atoms with Gasteiger partial charge >= 0.3 is 12.2 Å². The molecule has 6 heteroatoms. The largest absolute Gasteiger partial charge is 0.480 e. The van der Waals surface area contributed by atoms with Gasteiger partial charge in [0.15, 0.2) is 0 Å². The van der Waals surface area contributed by atoms with Crippen LogP contribution in [0, 0.1) is 0 Å². The van der Waals surface area contributed by atoms with Gasteiger partial charge in [-0.15, -0.1) is 0 Å². The van der Waals surface area contributed by atoms with E-state index in [1.807, 2.05) is 0 Å². The van der Waals surface area contributed by atoms with Gasteiger partial charge in [0.25, 0.3) is 0 Å². The lowest BCUT2D eigenvalue weighted by Gasteiger charge is -2.16. The number of hydrogen-bond acceptors (Lipinski definition) is 1. The van der Waals surface area contributed by atoms with Gasteiger partial charge in [-0.1, -0.05) is 0 Å². The molecule has 55 valence electrons. The Morgan fingerprint density at radius 3 is 1.56 bits per heavy atom. The molecule has 0 aromatic rings. The molecule has 0 aromatic heterocycles. The fourth-order valence-corrected chi connectivity index (χ4v) is 0.116. The molecule has 0 spiro atoms. The second kappa shape index (κ2) is 2.11. The summed E-state index contributed by atoms with van der Waals surface area (Å²) < 4.78 is 47.4. The van der Waals surface area contributed by atoms with Crippen molar-refractivity contribution in [3.63, 3.8) is 0 Å². The number of alkyl halides is 4. The van der Waals surface area contributed by atoms with Gasteiger partial charge in [-0.25, -0.2) is 0 Å². The van der Waals surface area contributed by atoms with E-state index in [1.54, 1.807) is 0 Å². The lowest BCUT2D eigenvalue weighted by atomic mass is 10.6. The van der Waals surface area contributed by atoms with Crippen molar-refractivity contribution in [1.82, 2.24) is 0 Å². The molecule has 0 heterocycles. The predicted octanol–water partition coefficient (Wildman–Crippen LogP) is 1.25. The first-order valence-electron chi connectivity index (χ1n) is 1.82. The second-order valence-corrected chi connectivity index (χ2v) is 1.24. The molecule has 0 aliphatic heterocycles. The Balaban J connectivity index is 4.14. The van der Waals surface area contributed by atoms with E-state index in [1.165, 1.54) is 0 Å². The van der Waals surface area contributed by atoms with E-state index in [-0.39, 0.29) is 0 Å². The zero-order valence-electron chi connectivity index (χ0n) is 4.33. The number of rotatable bonds is 1. The maximum atomic E-state index is 11.4. The van der Waals surface area contributed by atoms with E-state index in [2.05, 4.69) is 4.74 Å². The number of ether oxygens (including phenoxy) is 1. The minimum atomic E-state index is -5.50. The molecule has 0 amide bonds. The molecule has 9 heavy (non-hydrogen) atoms. The Bertz CT molecular complexity index is 96.5. The molecule has 0 rings (SSSR count). The first-order chi connectivity index (χ1) is 3.81. The standard InChI is InChI=1S/C3H3F4O2/c1-9-3(7,8)2(4,5)6/h1H3. The van der Waals surface area contributed by atoms with E-state index in [0.29, 0.717) is 7.11 Å². The highest BCUT2D eigenvalue weighted by Crippen LogP contribution is 2.32. The van der Waals surface area contributed by atoms with E-state index in [4.69, 9.17) is 0 Å². The van der Waals surface area contributed by atoms with Crippen LogP contribution >= 0.6 is 0 Å². The van der Waals surface area contributed by atoms with E-state index < -0.39 is 12.2 Å². The maximum absolute atomic E-state index is 11.4. The molecular formula is C3H3F4O2. The third-order valence-electron chi connectivity index (χ3n) is 0.601. The average Bonchev–Trinajstić information content (AvgIpc) is 1.64. The van der Waals surface area contributed by atoms with Gasteiger partial charge in [-0.2, -0.15) is 22.7 Å². The molecule has 0 N–H and O–H groups in total. The highest BCUT2D eigenvalue weighted by atomic mass is 19.4. The van der Waals surface area contributed by atoms with Crippen molar-refractivity contribution < 1.29 is 27.4 Å². The molecule has 0 aliphatic rings. The molecule has 2 nitrogen and oxygen atoms in total. The quantitative estimate of drug-likeness (QED) is 0.405. The zero-order chi connectivity index (χ0) is 7.71. The van der Waals surface area contributed by atoms with Crippen molar-refractivity contribution in [3.05, 3.63) is 0 Å². The van der Waals surface area contributed by atoms with Gasteiger partial charge in [0.05, 0.1) is 0 Å².